The van der Waals surface area contributed by atoms with E-state index in [-0.39, 0.29) is 0 Å². The van der Waals surface area contributed by atoms with Gasteiger partial charge in [-0.05, 0) is 18.7 Å². The number of hydrogen-bond acceptors (Lipinski definition) is 3. The van der Waals surface area contributed by atoms with Crippen molar-refractivity contribution in [2.45, 2.75) is 6.92 Å². The molecule has 1 N–H and O–H groups in total. The van der Waals surface area contributed by atoms with Crippen LogP contribution in [0.15, 0.2) is 18.2 Å². The molecule has 0 saturated carbocycles. The monoisotopic (exact) mass is 252 g/mol. The number of rotatable bonds is 4. The highest BCUT2D eigenvalue weighted by Crippen LogP contribution is 2.35. The molecular weight excluding hydrogens is 240 g/mol. The van der Waals surface area contributed by atoms with Gasteiger partial charge in [-0.25, -0.2) is 0 Å². The molecule has 1 aromatic rings. The minimum Gasteiger partial charge on any atom is -0.315 e. The van der Waals surface area contributed by atoms with Gasteiger partial charge in [0, 0.05) is 13.1 Å². The third kappa shape index (κ3) is 2.06. The highest BCUT2D eigenvalue weighted by molar-refractivity contribution is 6.54. The number of fused-ring (bicyclic) bond motifs is 1. The number of halogens is 1. The zero-order valence-corrected chi connectivity index (χ0v) is 10.3. The van der Waals surface area contributed by atoms with Crippen molar-refractivity contribution >= 4 is 29.0 Å². The first-order chi connectivity index (χ1) is 8.16. The molecule has 1 aliphatic heterocycles. The largest absolute Gasteiger partial charge is 0.315 e. The maximum atomic E-state index is 11.8. The van der Waals surface area contributed by atoms with E-state index in [0.717, 1.165) is 6.54 Å². The average molecular weight is 253 g/mol. The number of para-hydroxylation sites is 1. The minimum absolute atomic E-state index is 0.402. The van der Waals surface area contributed by atoms with Gasteiger partial charge < -0.3 is 10.2 Å². The second kappa shape index (κ2) is 4.85. The fourth-order valence-corrected chi connectivity index (χ4v) is 2.17. The van der Waals surface area contributed by atoms with Crippen LogP contribution in [0.5, 0.6) is 0 Å². The molecule has 0 bridgehead atoms. The predicted molar refractivity (Wildman–Crippen MR) is 66.7 cm³/mol. The summed E-state index contributed by atoms with van der Waals surface area (Å²) in [5.74, 6) is -0.968. The van der Waals surface area contributed by atoms with E-state index in [2.05, 4.69) is 5.32 Å². The Labute approximate surface area is 105 Å². The van der Waals surface area contributed by atoms with E-state index in [1.807, 2.05) is 6.92 Å². The first kappa shape index (κ1) is 12.1. The van der Waals surface area contributed by atoms with Gasteiger partial charge in [-0.15, -0.1) is 0 Å². The van der Waals surface area contributed by atoms with Crippen molar-refractivity contribution in [3.63, 3.8) is 0 Å². The van der Waals surface area contributed by atoms with Crippen LogP contribution in [0, 0.1) is 0 Å². The van der Waals surface area contributed by atoms with Gasteiger partial charge in [-0.1, -0.05) is 24.6 Å². The summed E-state index contributed by atoms with van der Waals surface area (Å²) in [5.41, 5.74) is 0.945. The number of hydrogen-bond donors (Lipinski definition) is 1. The molecule has 90 valence electrons. The van der Waals surface area contributed by atoms with Crippen LogP contribution in [0.25, 0.3) is 0 Å². The molecule has 0 spiro atoms. The van der Waals surface area contributed by atoms with Crippen molar-refractivity contribution < 1.29 is 9.59 Å². The Hall–Kier alpha value is -1.39. The number of nitrogens with zero attached hydrogens (tertiary/aromatic N) is 1. The van der Waals surface area contributed by atoms with E-state index in [1.54, 1.807) is 18.2 Å². The Morgan fingerprint density at radius 2 is 2.12 bits per heavy atom. The molecule has 0 radical (unpaired) electrons. The van der Waals surface area contributed by atoms with Crippen LogP contribution in [0.2, 0.25) is 5.02 Å². The number of amides is 1. The zero-order valence-electron chi connectivity index (χ0n) is 9.50. The lowest BCUT2D eigenvalue weighted by Crippen LogP contribution is -2.36. The fourth-order valence-electron chi connectivity index (χ4n) is 1.89. The van der Waals surface area contributed by atoms with E-state index >= 15 is 0 Å². The Balaban J connectivity index is 2.30. The minimum atomic E-state index is -0.494. The number of nitrogens with one attached hydrogen (secondary N) is 1. The number of carbonyl (C=O) groups is 2. The molecule has 0 unspecified atom stereocenters. The second-order valence-electron chi connectivity index (χ2n) is 3.78. The lowest BCUT2D eigenvalue weighted by molar-refractivity contribution is -0.114. The Morgan fingerprint density at radius 3 is 2.82 bits per heavy atom. The quantitative estimate of drug-likeness (QED) is 0.652. The zero-order chi connectivity index (χ0) is 12.4. The summed E-state index contributed by atoms with van der Waals surface area (Å²) in [6.45, 7) is 3.90. The Bertz CT molecular complexity index is 474. The van der Waals surface area contributed by atoms with Crippen LogP contribution in [-0.4, -0.2) is 31.3 Å². The third-order valence-electron chi connectivity index (χ3n) is 2.70. The van der Waals surface area contributed by atoms with Crippen molar-refractivity contribution in [2.24, 2.45) is 0 Å². The van der Waals surface area contributed by atoms with Crippen molar-refractivity contribution in [3.05, 3.63) is 28.8 Å². The van der Waals surface area contributed by atoms with Crippen molar-refractivity contribution in [2.75, 3.05) is 24.5 Å². The summed E-state index contributed by atoms with van der Waals surface area (Å²) in [4.78, 5) is 25.0. The summed E-state index contributed by atoms with van der Waals surface area (Å²) in [7, 11) is 0. The molecule has 1 aliphatic rings. The number of anilines is 1. The smallest absolute Gasteiger partial charge is 0.299 e. The molecule has 0 saturated heterocycles. The first-order valence-corrected chi connectivity index (χ1v) is 5.90. The summed E-state index contributed by atoms with van der Waals surface area (Å²) in [6, 6.07) is 5.00. The maximum absolute atomic E-state index is 11.8. The molecule has 1 aromatic carbocycles. The van der Waals surface area contributed by atoms with Crippen LogP contribution < -0.4 is 10.2 Å². The van der Waals surface area contributed by atoms with E-state index < -0.39 is 11.7 Å². The molecule has 1 amide bonds. The number of Topliss-reactive ketones (excluding diaryl/α,β-unsaturated/α-hetero) is 1. The molecule has 4 nitrogen and oxygen atoms in total. The molecule has 5 heteroatoms. The van der Waals surface area contributed by atoms with Crippen LogP contribution in [0.3, 0.4) is 0 Å². The topological polar surface area (TPSA) is 49.4 Å². The van der Waals surface area contributed by atoms with Gasteiger partial charge in [0.25, 0.3) is 11.7 Å². The predicted octanol–water partition coefficient (Wildman–Crippen LogP) is 1.48. The van der Waals surface area contributed by atoms with Crippen molar-refractivity contribution in [1.29, 1.82) is 0 Å². The van der Waals surface area contributed by atoms with Gasteiger partial charge in [0.15, 0.2) is 0 Å². The molecule has 0 fully saturated rings. The standard InChI is InChI=1S/C12H13ClN2O2/c1-2-14-6-7-15-10-8(11(16)12(15)17)4-3-5-9(10)13/h3-5,14H,2,6-7H2,1H3. The molecule has 0 aliphatic carbocycles. The second-order valence-corrected chi connectivity index (χ2v) is 4.18. The van der Waals surface area contributed by atoms with E-state index in [4.69, 9.17) is 11.6 Å². The highest BCUT2D eigenvalue weighted by Gasteiger charge is 2.36. The van der Waals surface area contributed by atoms with Gasteiger partial charge in [0.1, 0.15) is 0 Å². The van der Waals surface area contributed by atoms with E-state index in [0.29, 0.717) is 29.4 Å². The van der Waals surface area contributed by atoms with Crippen LogP contribution in [0.1, 0.15) is 17.3 Å². The van der Waals surface area contributed by atoms with E-state index in [9.17, 15) is 9.59 Å². The first-order valence-electron chi connectivity index (χ1n) is 5.52. The van der Waals surface area contributed by atoms with E-state index in [1.165, 1.54) is 4.90 Å². The normalized spacial score (nSPS) is 14.4. The summed E-state index contributed by atoms with van der Waals surface area (Å²) in [6.07, 6.45) is 0. The number of carbonyl (C=O) groups excluding carboxylic acids is 2. The number of ketones is 1. The number of likely N-dealkylation sites (N-methyl/N-ethyl adjacent to an activating group) is 1. The van der Waals surface area contributed by atoms with Crippen molar-refractivity contribution in [1.82, 2.24) is 5.32 Å². The third-order valence-corrected chi connectivity index (χ3v) is 3.01. The maximum Gasteiger partial charge on any atom is 0.299 e. The molecular formula is C12H13ClN2O2. The summed E-state index contributed by atoms with van der Waals surface area (Å²) >= 11 is 6.04. The van der Waals surface area contributed by atoms with Crippen LogP contribution >= 0.6 is 11.6 Å². The van der Waals surface area contributed by atoms with Gasteiger partial charge in [-0.3, -0.25) is 9.59 Å². The average Bonchev–Trinajstić information content (AvgIpc) is 2.56. The van der Waals surface area contributed by atoms with Gasteiger partial charge >= 0.3 is 0 Å². The highest BCUT2D eigenvalue weighted by atomic mass is 35.5. The molecule has 2 rings (SSSR count). The molecule has 0 atom stereocenters. The van der Waals surface area contributed by atoms with Gasteiger partial charge in [0.05, 0.1) is 16.3 Å². The summed E-state index contributed by atoms with van der Waals surface area (Å²) in [5, 5.41) is 3.56. The lowest BCUT2D eigenvalue weighted by Gasteiger charge is -2.17. The Morgan fingerprint density at radius 1 is 1.35 bits per heavy atom. The summed E-state index contributed by atoms with van der Waals surface area (Å²) < 4.78 is 0. The van der Waals surface area contributed by atoms with Crippen LogP contribution in [-0.2, 0) is 4.79 Å². The SMILES string of the molecule is CCNCCN1C(=O)C(=O)c2cccc(Cl)c21. The molecule has 1 heterocycles. The van der Waals surface area contributed by atoms with Crippen molar-refractivity contribution in [3.8, 4) is 0 Å². The molecule has 17 heavy (non-hydrogen) atoms. The number of benzene rings is 1. The van der Waals surface area contributed by atoms with Gasteiger partial charge in [-0.2, -0.15) is 0 Å². The fraction of sp³-hybridized carbons (Fsp3) is 0.333. The molecule has 0 aromatic heterocycles. The van der Waals surface area contributed by atoms with Gasteiger partial charge in [0.2, 0.25) is 0 Å². The Kier molecular flexibility index (Phi) is 3.45. The van der Waals surface area contributed by atoms with Crippen LogP contribution in [0.4, 0.5) is 5.69 Å². The lowest BCUT2D eigenvalue weighted by atomic mass is 10.1.